The van der Waals surface area contributed by atoms with Gasteiger partial charge in [0.15, 0.2) is 0 Å². The molecule has 0 aromatic carbocycles. The minimum absolute atomic E-state index is 0.0166. The van der Waals surface area contributed by atoms with Gasteiger partial charge in [-0.15, -0.1) is 0 Å². The van der Waals surface area contributed by atoms with Crippen molar-refractivity contribution in [3.63, 3.8) is 0 Å². The van der Waals surface area contributed by atoms with Crippen molar-refractivity contribution in [2.45, 2.75) is 44.1 Å². The van der Waals surface area contributed by atoms with Crippen LogP contribution in [-0.2, 0) is 0 Å². The van der Waals surface area contributed by atoms with Gasteiger partial charge in [-0.2, -0.15) is 5.26 Å². The van der Waals surface area contributed by atoms with Crippen LogP contribution in [0.4, 0.5) is 8.78 Å². The molecule has 1 aliphatic carbocycles. The van der Waals surface area contributed by atoms with Gasteiger partial charge in [-0.3, -0.25) is 0 Å². The van der Waals surface area contributed by atoms with Crippen LogP contribution in [0.1, 0.15) is 32.1 Å². The smallest absolute Gasteiger partial charge is 0.263 e. The molecule has 1 fully saturated rings. The van der Waals surface area contributed by atoms with Crippen LogP contribution < -0.4 is 5.32 Å². The van der Waals surface area contributed by atoms with Gasteiger partial charge in [0.05, 0.1) is 12.1 Å². The molecule has 0 spiro atoms. The van der Waals surface area contributed by atoms with Crippen LogP contribution in [0.2, 0.25) is 0 Å². The zero-order valence-corrected chi connectivity index (χ0v) is 7.52. The van der Waals surface area contributed by atoms with Crippen molar-refractivity contribution in [1.29, 1.82) is 5.26 Å². The first-order valence-electron chi connectivity index (χ1n) is 4.65. The van der Waals surface area contributed by atoms with Gasteiger partial charge < -0.3 is 5.32 Å². The molecule has 4 heteroatoms. The van der Waals surface area contributed by atoms with Crippen LogP contribution >= 0.6 is 0 Å². The number of nitriles is 1. The van der Waals surface area contributed by atoms with Crippen molar-refractivity contribution in [2.24, 2.45) is 0 Å². The predicted octanol–water partition coefficient (Wildman–Crippen LogP) is 2.07. The van der Waals surface area contributed by atoms with Crippen LogP contribution in [0.25, 0.3) is 0 Å². The van der Waals surface area contributed by atoms with Crippen molar-refractivity contribution in [1.82, 2.24) is 5.32 Å². The van der Waals surface area contributed by atoms with Crippen LogP contribution in [0, 0.1) is 11.3 Å². The Bertz CT molecular complexity index is 198. The standard InChI is InChI=1S/C9H14F2N2/c10-9(11)5-2-1-4-8(9)13-7-3-6-12/h8,13H,1-5,7H2. The summed E-state index contributed by atoms with van der Waals surface area (Å²) in [6.07, 6.45) is 2.28. The summed E-state index contributed by atoms with van der Waals surface area (Å²) in [5.41, 5.74) is 0. The number of hydrogen-bond donors (Lipinski definition) is 1. The maximum atomic E-state index is 13.2. The number of hydrogen-bond acceptors (Lipinski definition) is 2. The van der Waals surface area contributed by atoms with Crippen LogP contribution in [0.3, 0.4) is 0 Å². The Morgan fingerprint density at radius 2 is 2.23 bits per heavy atom. The Kier molecular flexibility index (Phi) is 3.61. The second kappa shape index (κ2) is 4.52. The molecular weight excluding hydrogens is 174 g/mol. The Balaban J connectivity index is 2.34. The van der Waals surface area contributed by atoms with Gasteiger partial charge in [0.1, 0.15) is 0 Å². The highest BCUT2D eigenvalue weighted by molar-refractivity contribution is 4.88. The molecule has 1 rings (SSSR count). The van der Waals surface area contributed by atoms with E-state index in [0.29, 0.717) is 25.8 Å². The van der Waals surface area contributed by atoms with Gasteiger partial charge in [-0.25, -0.2) is 8.78 Å². The highest BCUT2D eigenvalue weighted by Crippen LogP contribution is 2.33. The second-order valence-corrected chi connectivity index (χ2v) is 3.42. The first-order chi connectivity index (χ1) is 6.17. The van der Waals surface area contributed by atoms with E-state index in [1.54, 1.807) is 0 Å². The van der Waals surface area contributed by atoms with Gasteiger partial charge in [0.2, 0.25) is 0 Å². The summed E-state index contributed by atoms with van der Waals surface area (Å²) < 4.78 is 26.3. The Morgan fingerprint density at radius 1 is 1.46 bits per heavy atom. The molecule has 1 N–H and O–H groups in total. The molecule has 74 valence electrons. The lowest BCUT2D eigenvalue weighted by atomic mass is 9.91. The zero-order valence-electron chi connectivity index (χ0n) is 7.52. The van der Waals surface area contributed by atoms with Gasteiger partial charge in [-0.05, 0) is 12.8 Å². The molecule has 0 saturated heterocycles. The normalized spacial score (nSPS) is 26.7. The van der Waals surface area contributed by atoms with Crippen molar-refractivity contribution < 1.29 is 8.78 Å². The molecule has 1 atom stereocenters. The lowest BCUT2D eigenvalue weighted by molar-refractivity contribution is -0.0632. The first-order valence-corrected chi connectivity index (χ1v) is 4.65. The molecule has 1 aliphatic rings. The van der Waals surface area contributed by atoms with E-state index < -0.39 is 12.0 Å². The number of halogens is 2. The van der Waals surface area contributed by atoms with E-state index >= 15 is 0 Å². The Hall–Kier alpha value is -0.690. The highest BCUT2D eigenvalue weighted by atomic mass is 19.3. The lowest BCUT2D eigenvalue weighted by Gasteiger charge is -2.31. The minimum atomic E-state index is -2.58. The third kappa shape index (κ3) is 2.92. The zero-order chi connectivity index (χ0) is 9.73. The highest BCUT2D eigenvalue weighted by Gasteiger charge is 2.40. The molecule has 1 unspecified atom stereocenters. The van der Waals surface area contributed by atoms with Crippen LogP contribution in [0.15, 0.2) is 0 Å². The average Bonchev–Trinajstić information content (AvgIpc) is 2.08. The number of nitrogens with one attached hydrogen (secondary N) is 1. The summed E-state index contributed by atoms with van der Waals surface area (Å²) in [6.45, 7) is 0.372. The monoisotopic (exact) mass is 188 g/mol. The fourth-order valence-electron chi connectivity index (χ4n) is 1.65. The predicted molar refractivity (Wildman–Crippen MR) is 45.4 cm³/mol. The fourth-order valence-corrected chi connectivity index (χ4v) is 1.65. The van der Waals surface area contributed by atoms with E-state index in [2.05, 4.69) is 5.32 Å². The van der Waals surface area contributed by atoms with E-state index in [4.69, 9.17) is 5.26 Å². The summed E-state index contributed by atoms with van der Waals surface area (Å²) >= 11 is 0. The maximum Gasteiger partial charge on any atom is 0.263 e. The van der Waals surface area contributed by atoms with Crippen molar-refractivity contribution in [3.8, 4) is 6.07 Å². The van der Waals surface area contributed by atoms with Crippen molar-refractivity contribution in [2.75, 3.05) is 6.54 Å². The largest absolute Gasteiger partial charge is 0.308 e. The first kappa shape index (κ1) is 10.4. The van der Waals surface area contributed by atoms with Gasteiger partial charge in [-0.1, -0.05) is 6.42 Å². The molecule has 0 heterocycles. The van der Waals surface area contributed by atoms with Crippen LogP contribution in [0.5, 0.6) is 0 Å². The molecule has 1 saturated carbocycles. The summed E-state index contributed by atoms with van der Waals surface area (Å²) in [5, 5.41) is 11.0. The van der Waals surface area contributed by atoms with Gasteiger partial charge in [0.25, 0.3) is 5.92 Å². The lowest BCUT2D eigenvalue weighted by Crippen LogP contribution is -2.47. The summed E-state index contributed by atoms with van der Waals surface area (Å²) in [4.78, 5) is 0. The van der Waals surface area contributed by atoms with E-state index in [0.717, 1.165) is 6.42 Å². The molecule has 0 bridgehead atoms. The van der Waals surface area contributed by atoms with E-state index in [-0.39, 0.29) is 6.42 Å². The van der Waals surface area contributed by atoms with Crippen molar-refractivity contribution >= 4 is 0 Å². The third-order valence-corrected chi connectivity index (χ3v) is 2.39. The van der Waals surface area contributed by atoms with E-state index in [1.165, 1.54) is 0 Å². The maximum absolute atomic E-state index is 13.2. The Labute approximate surface area is 76.9 Å². The summed E-state index contributed by atoms with van der Waals surface area (Å²) in [7, 11) is 0. The number of alkyl halides is 2. The SMILES string of the molecule is N#CCCNC1CCCCC1(F)F. The topological polar surface area (TPSA) is 35.8 Å². The fraction of sp³-hybridized carbons (Fsp3) is 0.889. The summed E-state index contributed by atoms with van der Waals surface area (Å²) in [6, 6.07) is 1.21. The molecule has 0 aromatic rings. The molecule has 0 aliphatic heterocycles. The second-order valence-electron chi connectivity index (χ2n) is 3.42. The van der Waals surface area contributed by atoms with E-state index in [9.17, 15) is 8.78 Å². The molecule has 0 aromatic heterocycles. The van der Waals surface area contributed by atoms with Gasteiger partial charge in [0, 0.05) is 19.4 Å². The number of rotatable bonds is 3. The molecule has 0 radical (unpaired) electrons. The van der Waals surface area contributed by atoms with Crippen LogP contribution in [-0.4, -0.2) is 18.5 Å². The van der Waals surface area contributed by atoms with Crippen molar-refractivity contribution in [3.05, 3.63) is 0 Å². The third-order valence-electron chi connectivity index (χ3n) is 2.39. The number of nitrogens with zero attached hydrogens (tertiary/aromatic N) is 1. The molecule has 2 nitrogen and oxygen atoms in total. The molecule has 0 amide bonds. The Morgan fingerprint density at radius 3 is 2.85 bits per heavy atom. The van der Waals surface area contributed by atoms with Gasteiger partial charge >= 0.3 is 0 Å². The summed E-state index contributed by atoms with van der Waals surface area (Å²) in [5.74, 6) is -2.58. The minimum Gasteiger partial charge on any atom is -0.308 e. The molecular formula is C9H14F2N2. The quantitative estimate of drug-likeness (QED) is 0.688. The molecule has 13 heavy (non-hydrogen) atoms. The van der Waals surface area contributed by atoms with E-state index in [1.807, 2.05) is 6.07 Å². The average molecular weight is 188 g/mol.